The fraction of sp³-hybridized carbons (Fsp3) is 0.143. The predicted molar refractivity (Wildman–Crippen MR) is 80.5 cm³/mol. The summed E-state index contributed by atoms with van der Waals surface area (Å²) in [6.45, 7) is -0.420. The molecule has 0 radical (unpaired) electrons. The fourth-order valence-corrected chi connectivity index (χ4v) is 3.47. The van der Waals surface area contributed by atoms with Crippen LogP contribution in [0.3, 0.4) is 0 Å². The molecule has 112 valence electrons. The van der Waals surface area contributed by atoms with Crippen molar-refractivity contribution in [3.63, 3.8) is 0 Å². The van der Waals surface area contributed by atoms with E-state index in [0.717, 1.165) is 22.2 Å². The van der Waals surface area contributed by atoms with E-state index in [1.165, 1.54) is 6.07 Å². The zero-order valence-corrected chi connectivity index (χ0v) is 13.3. The first kappa shape index (κ1) is 16.1. The molecule has 0 atom stereocenters. The van der Waals surface area contributed by atoms with E-state index in [4.69, 9.17) is 0 Å². The number of nitrogens with one attached hydrogen (secondary N) is 1. The maximum absolute atomic E-state index is 13.3. The van der Waals surface area contributed by atoms with Gasteiger partial charge in [-0.2, -0.15) is 0 Å². The molecule has 4 nitrogen and oxygen atoms in total. The first-order valence-electron chi connectivity index (χ1n) is 6.06. The lowest BCUT2D eigenvalue weighted by molar-refractivity contribution is 0.278. The number of benzene rings is 2. The van der Waals surface area contributed by atoms with E-state index in [-0.39, 0.29) is 17.0 Å². The van der Waals surface area contributed by atoms with Gasteiger partial charge in [0.2, 0.25) is 10.0 Å². The van der Waals surface area contributed by atoms with Crippen molar-refractivity contribution in [3.8, 4) is 0 Å². The van der Waals surface area contributed by atoms with Crippen molar-refractivity contribution in [1.29, 1.82) is 0 Å². The molecular weight excluding hydrogens is 361 g/mol. The molecule has 0 aromatic heterocycles. The molecule has 0 unspecified atom stereocenters. The van der Waals surface area contributed by atoms with E-state index in [0.29, 0.717) is 0 Å². The number of aliphatic hydroxyl groups excluding tert-OH is 1. The van der Waals surface area contributed by atoms with Gasteiger partial charge < -0.3 is 5.11 Å². The third-order valence-electron chi connectivity index (χ3n) is 2.90. The Bertz CT molecular complexity index is 750. The average Bonchev–Trinajstić information content (AvgIpc) is 2.46. The van der Waals surface area contributed by atoms with E-state index < -0.39 is 22.4 Å². The highest BCUT2D eigenvalue weighted by Gasteiger charge is 2.19. The van der Waals surface area contributed by atoms with Crippen LogP contribution in [0.1, 0.15) is 11.1 Å². The van der Waals surface area contributed by atoms with Gasteiger partial charge in [-0.3, -0.25) is 0 Å². The van der Waals surface area contributed by atoms with Gasteiger partial charge in [0.1, 0.15) is 5.82 Å². The van der Waals surface area contributed by atoms with Crippen LogP contribution in [0.5, 0.6) is 0 Å². The van der Waals surface area contributed by atoms with Gasteiger partial charge in [0, 0.05) is 11.0 Å². The molecular formula is C14H13BrFNO3S. The Morgan fingerprint density at radius 2 is 1.86 bits per heavy atom. The Balaban J connectivity index is 2.27. The van der Waals surface area contributed by atoms with Crippen LogP contribution in [0.4, 0.5) is 4.39 Å². The Morgan fingerprint density at radius 1 is 1.14 bits per heavy atom. The summed E-state index contributed by atoms with van der Waals surface area (Å²) in [7, 11) is -3.91. The second-order valence-electron chi connectivity index (χ2n) is 4.33. The molecule has 7 heteroatoms. The maximum Gasteiger partial charge on any atom is 0.241 e. The topological polar surface area (TPSA) is 66.4 Å². The van der Waals surface area contributed by atoms with Crippen LogP contribution in [0.2, 0.25) is 0 Å². The van der Waals surface area contributed by atoms with Crippen molar-refractivity contribution in [1.82, 2.24) is 4.72 Å². The summed E-state index contributed by atoms with van der Waals surface area (Å²) in [4.78, 5) is -0.253. The van der Waals surface area contributed by atoms with E-state index in [1.807, 2.05) is 6.07 Å². The quantitative estimate of drug-likeness (QED) is 0.846. The standard InChI is InChI=1S/C14H13BrFNO3S/c15-13-4-2-1-3-10(13)8-17-21(19,20)14-7-12(16)6-5-11(14)9-18/h1-7,17-18H,8-9H2. The molecule has 0 fully saturated rings. The predicted octanol–water partition coefficient (Wildman–Crippen LogP) is 2.56. The minimum absolute atomic E-state index is 0.0607. The normalized spacial score (nSPS) is 11.6. The molecule has 2 N–H and O–H groups in total. The Morgan fingerprint density at radius 3 is 2.52 bits per heavy atom. The Hall–Kier alpha value is -1.28. The monoisotopic (exact) mass is 373 g/mol. The van der Waals surface area contributed by atoms with Crippen molar-refractivity contribution >= 4 is 26.0 Å². The molecule has 2 aromatic carbocycles. The molecule has 2 rings (SSSR count). The van der Waals surface area contributed by atoms with Gasteiger partial charge in [0.25, 0.3) is 0 Å². The molecule has 0 bridgehead atoms. The van der Waals surface area contributed by atoms with Gasteiger partial charge in [-0.25, -0.2) is 17.5 Å². The van der Waals surface area contributed by atoms with Gasteiger partial charge in [-0.15, -0.1) is 0 Å². The van der Waals surface area contributed by atoms with Crippen molar-refractivity contribution in [2.45, 2.75) is 18.0 Å². The Labute approximate surface area is 130 Å². The lowest BCUT2D eigenvalue weighted by Crippen LogP contribution is -2.24. The van der Waals surface area contributed by atoms with Crippen molar-refractivity contribution in [2.75, 3.05) is 0 Å². The molecule has 0 saturated carbocycles. The molecule has 21 heavy (non-hydrogen) atoms. The second kappa shape index (κ2) is 6.65. The van der Waals surface area contributed by atoms with E-state index >= 15 is 0 Å². The third kappa shape index (κ3) is 3.88. The average molecular weight is 374 g/mol. The van der Waals surface area contributed by atoms with Crippen LogP contribution in [0.15, 0.2) is 51.8 Å². The van der Waals surface area contributed by atoms with Crippen LogP contribution in [-0.2, 0) is 23.2 Å². The highest BCUT2D eigenvalue weighted by atomic mass is 79.9. The zero-order chi connectivity index (χ0) is 15.5. The first-order chi connectivity index (χ1) is 9.94. The smallest absolute Gasteiger partial charge is 0.241 e. The summed E-state index contributed by atoms with van der Waals surface area (Å²) in [5.41, 5.74) is 0.902. The lowest BCUT2D eigenvalue weighted by Gasteiger charge is -2.11. The fourth-order valence-electron chi connectivity index (χ4n) is 1.80. The van der Waals surface area contributed by atoms with Crippen LogP contribution < -0.4 is 4.72 Å². The first-order valence-corrected chi connectivity index (χ1v) is 8.34. The highest BCUT2D eigenvalue weighted by molar-refractivity contribution is 9.10. The lowest BCUT2D eigenvalue weighted by atomic mass is 10.2. The molecule has 0 aliphatic heterocycles. The van der Waals surface area contributed by atoms with E-state index in [2.05, 4.69) is 20.7 Å². The van der Waals surface area contributed by atoms with Crippen LogP contribution in [-0.4, -0.2) is 13.5 Å². The molecule has 0 aliphatic rings. The number of aliphatic hydroxyl groups is 1. The van der Waals surface area contributed by atoms with E-state index in [9.17, 15) is 17.9 Å². The Kier molecular flexibility index (Phi) is 5.10. The summed E-state index contributed by atoms with van der Waals surface area (Å²) in [5, 5.41) is 9.18. The van der Waals surface area contributed by atoms with Crippen molar-refractivity contribution in [2.24, 2.45) is 0 Å². The molecule has 2 aromatic rings. The van der Waals surface area contributed by atoms with Crippen molar-refractivity contribution < 1.29 is 17.9 Å². The zero-order valence-electron chi connectivity index (χ0n) is 10.9. The molecule has 0 amide bonds. The summed E-state index contributed by atoms with van der Waals surface area (Å²) in [5.74, 6) is -0.673. The number of hydrogen-bond donors (Lipinski definition) is 2. The minimum Gasteiger partial charge on any atom is -0.392 e. The summed E-state index contributed by atoms with van der Waals surface area (Å²) in [6.07, 6.45) is 0. The maximum atomic E-state index is 13.3. The highest BCUT2D eigenvalue weighted by Crippen LogP contribution is 2.19. The third-order valence-corrected chi connectivity index (χ3v) is 5.16. The number of halogens is 2. The number of rotatable bonds is 5. The molecule has 0 spiro atoms. The van der Waals surface area contributed by atoms with E-state index in [1.54, 1.807) is 18.2 Å². The molecule has 0 aliphatic carbocycles. The van der Waals surface area contributed by atoms with Gasteiger partial charge in [-0.05, 0) is 29.3 Å². The van der Waals surface area contributed by atoms with Gasteiger partial charge in [0.05, 0.1) is 11.5 Å². The van der Waals surface area contributed by atoms with Crippen LogP contribution in [0.25, 0.3) is 0 Å². The SMILES string of the molecule is O=S(=O)(NCc1ccccc1Br)c1cc(F)ccc1CO. The summed E-state index contributed by atoms with van der Waals surface area (Å²) >= 11 is 3.33. The summed E-state index contributed by atoms with van der Waals surface area (Å²) < 4.78 is 40.9. The van der Waals surface area contributed by atoms with Gasteiger partial charge >= 0.3 is 0 Å². The summed E-state index contributed by atoms with van der Waals surface area (Å²) in [6, 6.07) is 10.4. The molecule has 0 saturated heterocycles. The number of hydrogen-bond acceptors (Lipinski definition) is 3. The number of sulfonamides is 1. The van der Waals surface area contributed by atoms with Gasteiger partial charge in [-0.1, -0.05) is 40.2 Å². The van der Waals surface area contributed by atoms with Crippen LogP contribution >= 0.6 is 15.9 Å². The molecule has 0 heterocycles. The second-order valence-corrected chi connectivity index (χ2v) is 6.92. The largest absolute Gasteiger partial charge is 0.392 e. The minimum atomic E-state index is -3.91. The van der Waals surface area contributed by atoms with Crippen LogP contribution in [0, 0.1) is 5.82 Å². The van der Waals surface area contributed by atoms with Crippen molar-refractivity contribution in [3.05, 3.63) is 63.9 Å². The van der Waals surface area contributed by atoms with Gasteiger partial charge in [0.15, 0.2) is 0 Å².